The Kier molecular flexibility index (Phi) is 33.3. The molecule has 6 heterocycles. The molecule has 124 heavy (non-hydrogen) atoms. The smallest absolute Gasteiger partial charge is 0.303 e. The molecule has 24 heteroatoms. The van der Waals surface area contributed by atoms with E-state index >= 15 is 0 Å². The highest BCUT2D eigenvalue weighted by molar-refractivity contribution is 5.66. The normalized spacial score (nSPS) is 35.4. The van der Waals surface area contributed by atoms with E-state index in [2.05, 4.69) is 72.3 Å². The van der Waals surface area contributed by atoms with Crippen LogP contribution in [-0.2, 0) is 146 Å². The summed E-state index contributed by atoms with van der Waals surface area (Å²) in [5.74, 6) is -3.45. The fourth-order valence-corrected chi connectivity index (χ4v) is 18.6. The van der Waals surface area contributed by atoms with E-state index in [1.54, 1.807) is 0 Å². The van der Waals surface area contributed by atoms with Gasteiger partial charge in [0.05, 0.1) is 109 Å². The summed E-state index contributed by atoms with van der Waals surface area (Å²) in [4.78, 5) is 16.7. The Morgan fingerprint density at radius 3 is 1.06 bits per heavy atom. The van der Waals surface area contributed by atoms with Gasteiger partial charge in [-0.25, -0.2) is 0 Å². The quantitative estimate of drug-likeness (QED) is 0.0151. The summed E-state index contributed by atoms with van der Waals surface area (Å²) < 4.78 is 142. The second-order valence-electron chi connectivity index (χ2n) is 35.5. The maximum atomic E-state index is 13.1. The van der Waals surface area contributed by atoms with E-state index in [1.807, 2.05) is 233 Å². The molecule has 24 nitrogen and oxygen atoms in total. The van der Waals surface area contributed by atoms with E-state index in [0.717, 1.165) is 38.9 Å². The van der Waals surface area contributed by atoms with Gasteiger partial charge in [0.2, 0.25) is 0 Å². The minimum Gasteiger partial charge on any atom is -0.457 e. The predicted octanol–water partition coefficient (Wildman–Crippen LogP) is 17.4. The van der Waals surface area contributed by atoms with Crippen LogP contribution in [0.3, 0.4) is 0 Å². The molecule has 1 aliphatic carbocycles. The lowest BCUT2D eigenvalue weighted by molar-refractivity contribution is -0.379. The predicted molar refractivity (Wildman–Crippen MR) is 462 cm³/mol. The summed E-state index contributed by atoms with van der Waals surface area (Å²) >= 11 is 0. The molecular weight excluding hydrogens is 1580 g/mol. The van der Waals surface area contributed by atoms with Gasteiger partial charge in [-0.2, -0.15) is 0 Å². The molecule has 0 bridgehead atoms. The maximum Gasteiger partial charge on any atom is 0.303 e. The summed E-state index contributed by atoms with van der Waals surface area (Å²) in [6.45, 7) is 28.8. The van der Waals surface area contributed by atoms with Gasteiger partial charge in [0.1, 0.15) is 61.0 Å². The first kappa shape index (κ1) is 92.7. The molecule has 1 saturated carbocycles. The van der Waals surface area contributed by atoms with Crippen molar-refractivity contribution in [3.05, 3.63) is 262 Å². The first-order chi connectivity index (χ1) is 60.2. The van der Waals surface area contributed by atoms with Gasteiger partial charge in [-0.15, -0.1) is 0 Å². The number of ether oxygens (including phenoxy) is 20. The number of benzene rings is 7. The minimum atomic E-state index is -1.27. The molecule has 14 rings (SSSR count). The van der Waals surface area contributed by atoms with E-state index in [-0.39, 0.29) is 113 Å². The molecule has 7 aromatic carbocycles. The van der Waals surface area contributed by atoms with Gasteiger partial charge in [-0.1, -0.05) is 287 Å². The van der Waals surface area contributed by atoms with Gasteiger partial charge < -0.3 is 94.7 Å². The molecule has 14 unspecified atom stereocenters. The van der Waals surface area contributed by atoms with Crippen LogP contribution in [0.15, 0.2) is 217 Å². The van der Waals surface area contributed by atoms with Crippen LogP contribution in [0.5, 0.6) is 0 Å². The monoisotopic (exact) mass is 1710 g/mol. The molecule has 0 N–H and O–H groups in total. The number of hydrogen-bond acceptors (Lipinski definition) is 22. The largest absolute Gasteiger partial charge is 0.457 e. The minimum absolute atomic E-state index is 0.00566. The van der Waals surface area contributed by atoms with Crippen LogP contribution in [0.4, 0.5) is 0 Å². The summed E-state index contributed by atoms with van der Waals surface area (Å²) in [5, 5.41) is 4.60. The third-order valence-corrected chi connectivity index (χ3v) is 26.6. The number of fused-ring (bicyclic) bond motifs is 1. The second kappa shape index (κ2) is 44.5. The fourth-order valence-electron chi connectivity index (χ4n) is 18.6. The Bertz CT molecular complexity index is 4360. The Labute approximate surface area is 731 Å². The van der Waals surface area contributed by atoms with Crippen molar-refractivity contribution in [1.82, 2.24) is 0 Å². The molecule has 31 atom stereocenters. The highest BCUT2D eigenvalue weighted by Gasteiger charge is 2.63. The summed E-state index contributed by atoms with van der Waals surface area (Å²) in [5.41, 5.74) is 17.7. The van der Waals surface area contributed by atoms with E-state index in [9.17, 15) is 10.3 Å². The van der Waals surface area contributed by atoms with Crippen LogP contribution in [-0.4, -0.2) is 173 Å². The number of carbonyl (C=O) groups excluding carboxylic acids is 1. The average Bonchev–Trinajstić information content (AvgIpc) is 1.55. The van der Waals surface area contributed by atoms with Gasteiger partial charge in [-0.3, -0.25) is 4.79 Å². The summed E-state index contributed by atoms with van der Waals surface area (Å²) in [6.07, 6.45) is -16.3. The second-order valence-corrected chi connectivity index (χ2v) is 35.5. The van der Waals surface area contributed by atoms with Crippen molar-refractivity contribution in [1.29, 1.82) is 0 Å². The lowest BCUT2D eigenvalue weighted by Crippen LogP contribution is -2.67. The first-order valence-electron chi connectivity index (χ1n) is 44.7. The van der Waals surface area contributed by atoms with Crippen molar-refractivity contribution < 1.29 is 99.5 Å². The van der Waals surface area contributed by atoms with Crippen molar-refractivity contribution >= 4 is 5.97 Å². The number of nitrogens with zero attached hydrogens (tertiary/aromatic N) is 3. The lowest BCUT2D eigenvalue weighted by Gasteiger charge is -2.51. The number of azide groups is 1. The molecule has 6 aliphatic heterocycles. The van der Waals surface area contributed by atoms with Crippen molar-refractivity contribution in [2.75, 3.05) is 26.4 Å². The molecule has 0 aromatic heterocycles. The molecule has 670 valence electrons. The zero-order chi connectivity index (χ0) is 86.8. The van der Waals surface area contributed by atoms with E-state index in [4.69, 9.17) is 94.7 Å². The Morgan fingerprint density at radius 1 is 0.331 bits per heavy atom. The standard InChI is InChI=1S/C100H129N3O21/c1-14-78-61(2)66(7)88(121-98-87(113-70(11)104)68(9)64(5)80(116-98)58-106-51-72-38-24-16-25-39-72)99(114-78)120-86-67(8)63(4)79(57-105-50-71-36-22-15-23-37-71)115-96(86)112-60-81-62(3)65(6)85(108-53-74-42-28-18-29-43-74)97(117-81)119-84-69(10)83(102-103-101)95(118-82(84)59-107-52-73-40-26-17-27-41-73)122-92-90(110-55-76-46-32-20-33-47-76)89(109-54-75-44-30-19-31-45-75)91(93-94(92)124-100(12,13)123-93)111-56-77-48-34-21-35-49-77/h15-49,61-69,78-99H,14,50-60H2,1-13H3/t61-,62-,63-,64-,65+,66+,67+,68+,69-,78?,79?,80?,81?,82?,83?,84-,85?,86?,87?,88?,89?,90?,91?,92?,93+,94+,95+,96-,97+,98+,99+/m1/s1. The zero-order valence-electron chi connectivity index (χ0n) is 74.0. The molecule has 7 aliphatic rings. The van der Waals surface area contributed by atoms with Crippen molar-refractivity contribution in [2.24, 2.45) is 58.4 Å². The van der Waals surface area contributed by atoms with Gasteiger partial charge in [-0.05, 0) is 112 Å². The van der Waals surface area contributed by atoms with Crippen LogP contribution in [0.25, 0.3) is 10.4 Å². The number of carbonyl (C=O) groups is 1. The van der Waals surface area contributed by atoms with Gasteiger partial charge in [0.25, 0.3) is 0 Å². The van der Waals surface area contributed by atoms with Gasteiger partial charge >= 0.3 is 5.97 Å². The Morgan fingerprint density at radius 2 is 0.637 bits per heavy atom. The first-order valence-corrected chi connectivity index (χ1v) is 44.7. The lowest BCUT2D eigenvalue weighted by atomic mass is 9.81. The molecule has 0 radical (unpaired) electrons. The van der Waals surface area contributed by atoms with Crippen LogP contribution in [0, 0.1) is 53.3 Å². The Balaban J connectivity index is 0.774. The zero-order valence-corrected chi connectivity index (χ0v) is 74.0. The third kappa shape index (κ3) is 23.5. The van der Waals surface area contributed by atoms with Crippen LogP contribution in [0.1, 0.15) is 135 Å². The maximum absolute atomic E-state index is 13.1. The van der Waals surface area contributed by atoms with Crippen molar-refractivity contribution in [3.8, 4) is 0 Å². The highest BCUT2D eigenvalue weighted by atomic mass is 16.8. The van der Waals surface area contributed by atoms with Crippen molar-refractivity contribution in [3.63, 3.8) is 0 Å². The Hall–Kier alpha value is -7.44. The van der Waals surface area contributed by atoms with Gasteiger partial charge in [0, 0.05) is 17.8 Å². The van der Waals surface area contributed by atoms with Gasteiger partial charge in [0.15, 0.2) is 43.3 Å². The molecular formula is C100H129N3O21. The molecule has 6 saturated heterocycles. The SMILES string of the molecule is CCC1O[C@@H](OC2[C@H](OCC3O[C@@H](O[C@H]4C(COCc5ccccc5)O[C@@H](OC5C(OCc6ccccc6)C(OCc6ccccc6)C(OCc6ccccc6)[C@@H]6OC(C)(C)O[C@@H]56)C(N=[N+]=[N-])[C@H]4C)C(OCc4ccccc4)[C@@H](C)[C@H]3C)OC(COCc3ccccc3)[C@H](C)[C@@H]2C)C(O[C@@H]2OC(COCc3ccccc3)[C@H](C)[C@H](C)C2OC(C)=O)[C@@H](C)[C@H]1C. The van der Waals surface area contributed by atoms with Crippen LogP contribution in [0.2, 0.25) is 0 Å². The molecule has 0 spiro atoms. The van der Waals surface area contributed by atoms with E-state index in [0.29, 0.717) is 19.6 Å². The third-order valence-electron chi connectivity index (χ3n) is 26.6. The molecule has 0 amide bonds. The summed E-state index contributed by atoms with van der Waals surface area (Å²) in [7, 11) is 0. The highest BCUT2D eigenvalue weighted by Crippen LogP contribution is 2.48. The van der Waals surface area contributed by atoms with E-state index in [1.165, 1.54) is 6.92 Å². The van der Waals surface area contributed by atoms with E-state index < -0.39 is 147 Å². The molecule has 7 fully saturated rings. The average molecular weight is 1710 g/mol. The van der Waals surface area contributed by atoms with Crippen LogP contribution < -0.4 is 0 Å². The summed E-state index contributed by atoms with van der Waals surface area (Å²) in [6, 6.07) is 68.9. The van der Waals surface area contributed by atoms with Crippen molar-refractivity contribution in [2.45, 2.75) is 284 Å². The molecule has 7 aromatic rings. The topological polar surface area (TPSA) is 250 Å². The fraction of sp³-hybridized carbons (Fsp3) is 0.570. The number of esters is 1. The van der Waals surface area contributed by atoms with Crippen LogP contribution >= 0.6 is 0 Å². The number of hydrogen-bond donors (Lipinski definition) is 0. The number of rotatable bonds is 38.